The summed E-state index contributed by atoms with van der Waals surface area (Å²) in [6, 6.07) is 16.3. The molecule has 0 amide bonds. The van der Waals surface area contributed by atoms with Crippen molar-refractivity contribution >= 4 is 17.4 Å². The molecule has 0 atom stereocenters. The Labute approximate surface area is 106 Å². The van der Waals surface area contributed by atoms with Gasteiger partial charge in [-0.05, 0) is 23.8 Å². The first-order valence-electron chi connectivity index (χ1n) is 5.40. The lowest BCUT2D eigenvalue weighted by Gasteiger charge is -2.07. The van der Waals surface area contributed by atoms with E-state index in [1.807, 2.05) is 24.3 Å². The van der Waals surface area contributed by atoms with Crippen molar-refractivity contribution < 1.29 is 4.74 Å². The maximum absolute atomic E-state index is 5.77. The smallest absolute Gasteiger partial charge is 0.142 e. The Morgan fingerprint density at radius 1 is 1.12 bits per heavy atom. The molecule has 0 saturated heterocycles. The van der Waals surface area contributed by atoms with Crippen LogP contribution in [0, 0.1) is 0 Å². The molecular formula is C14H15NOS. The van der Waals surface area contributed by atoms with Gasteiger partial charge in [0.2, 0.25) is 0 Å². The number of rotatable bonds is 4. The molecule has 0 unspecified atom stereocenters. The largest absolute Gasteiger partial charge is 0.495 e. The van der Waals surface area contributed by atoms with Crippen molar-refractivity contribution in [1.82, 2.24) is 0 Å². The van der Waals surface area contributed by atoms with Gasteiger partial charge in [-0.2, -0.15) is 0 Å². The fourth-order valence-electron chi connectivity index (χ4n) is 1.52. The molecule has 2 rings (SSSR count). The third-order valence-electron chi connectivity index (χ3n) is 2.45. The first-order valence-corrected chi connectivity index (χ1v) is 6.38. The number of ether oxygens (including phenoxy) is 1. The average molecular weight is 245 g/mol. The topological polar surface area (TPSA) is 35.2 Å². The van der Waals surface area contributed by atoms with Gasteiger partial charge in [0.25, 0.3) is 0 Å². The zero-order valence-electron chi connectivity index (χ0n) is 9.72. The summed E-state index contributed by atoms with van der Waals surface area (Å²) in [5, 5.41) is 0. The van der Waals surface area contributed by atoms with E-state index in [1.54, 1.807) is 18.9 Å². The summed E-state index contributed by atoms with van der Waals surface area (Å²) in [4.78, 5) is 1.17. The summed E-state index contributed by atoms with van der Waals surface area (Å²) >= 11 is 1.78. The molecule has 3 heteroatoms. The number of thioether (sulfide) groups is 1. The second-order valence-corrected chi connectivity index (χ2v) is 4.73. The van der Waals surface area contributed by atoms with Crippen LogP contribution in [-0.2, 0) is 5.75 Å². The van der Waals surface area contributed by atoms with E-state index in [1.165, 1.54) is 10.5 Å². The molecule has 0 radical (unpaired) electrons. The lowest BCUT2D eigenvalue weighted by Crippen LogP contribution is -1.92. The van der Waals surface area contributed by atoms with Crippen LogP contribution in [-0.4, -0.2) is 7.11 Å². The second kappa shape index (κ2) is 5.64. The summed E-state index contributed by atoms with van der Waals surface area (Å²) < 4.78 is 5.20. The van der Waals surface area contributed by atoms with Crippen molar-refractivity contribution in [2.45, 2.75) is 10.6 Å². The van der Waals surface area contributed by atoms with E-state index in [0.717, 1.165) is 11.5 Å². The van der Waals surface area contributed by atoms with Crippen molar-refractivity contribution in [3.05, 3.63) is 54.1 Å². The highest BCUT2D eigenvalue weighted by Crippen LogP contribution is 2.29. The average Bonchev–Trinajstić information content (AvgIpc) is 2.39. The number of nitrogen functional groups attached to an aromatic ring is 1. The predicted octanol–water partition coefficient (Wildman–Crippen LogP) is 3.57. The Balaban J connectivity index is 2.04. The zero-order chi connectivity index (χ0) is 12.1. The number of methoxy groups -OCH3 is 1. The molecule has 0 aliphatic carbocycles. The van der Waals surface area contributed by atoms with Crippen LogP contribution in [0.5, 0.6) is 5.75 Å². The highest BCUT2D eigenvalue weighted by atomic mass is 32.2. The molecule has 17 heavy (non-hydrogen) atoms. The van der Waals surface area contributed by atoms with Gasteiger partial charge in [-0.15, -0.1) is 11.8 Å². The molecule has 2 nitrogen and oxygen atoms in total. The minimum atomic E-state index is 0.677. The van der Waals surface area contributed by atoms with Gasteiger partial charge in [0, 0.05) is 10.6 Å². The Hall–Kier alpha value is -1.61. The van der Waals surface area contributed by atoms with Gasteiger partial charge in [0.1, 0.15) is 5.75 Å². The van der Waals surface area contributed by atoms with Crippen LogP contribution in [0.2, 0.25) is 0 Å². The molecule has 0 aliphatic heterocycles. The van der Waals surface area contributed by atoms with E-state index in [2.05, 4.69) is 24.3 Å². The monoisotopic (exact) mass is 245 g/mol. The highest BCUT2D eigenvalue weighted by molar-refractivity contribution is 7.98. The Kier molecular flexibility index (Phi) is 3.94. The fraction of sp³-hybridized carbons (Fsp3) is 0.143. The quantitative estimate of drug-likeness (QED) is 0.660. The third-order valence-corrected chi connectivity index (χ3v) is 3.52. The third kappa shape index (κ3) is 3.17. The minimum absolute atomic E-state index is 0.677. The number of hydrogen-bond donors (Lipinski definition) is 1. The van der Waals surface area contributed by atoms with E-state index in [-0.39, 0.29) is 0 Å². The van der Waals surface area contributed by atoms with Crippen molar-refractivity contribution in [3.63, 3.8) is 0 Å². The van der Waals surface area contributed by atoms with Crippen LogP contribution in [0.4, 0.5) is 5.69 Å². The molecule has 0 saturated carbocycles. The molecule has 0 spiro atoms. The molecular weight excluding hydrogens is 230 g/mol. The van der Waals surface area contributed by atoms with Crippen molar-refractivity contribution in [3.8, 4) is 5.75 Å². The number of hydrogen-bond acceptors (Lipinski definition) is 3. The van der Waals surface area contributed by atoms with E-state index in [0.29, 0.717) is 5.69 Å². The first kappa shape index (κ1) is 11.9. The molecule has 0 heterocycles. The van der Waals surface area contributed by atoms with E-state index in [4.69, 9.17) is 10.5 Å². The van der Waals surface area contributed by atoms with E-state index < -0.39 is 0 Å². The zero-order valence-corrected chi connectivity index (χ0v) is 10.5. The maximum atomic E-state index is 5.77. The standard InChI is InChI=1S/C14H15NOS/c1-16-14-9-12(7-8-13(14)15)17-10-11-5-3-2-4-6-11/h2-9H,10,15H2,1H3. The molecule has 2 aromatic rings. The second-order valence-electron chi connectivity index (χ2n) is 3.68. The lowest BCUT2D eigenvalue weighted by molar-refractivity contribution is 0.416. The van der Waals surface area contributed by atoms with E-state index in [9.17, 15) is 0 Å². The molecule has 0 aromatic heterocycles. The number of nitrogens with two attached hydrogens (primary N) is 1. The van der Waals surface area contributed by atoms with Gasteiger partial charge in [-0.1, -0.05) is 30.3 Å². The van der Waals surface area contributed by atoms with Gasteiger partial charge in [-0.3, -0.25) is 0 Å². The normalized spacial score (nSPS) is 10.2. The van der Waals surface area contributed by atoms with Gasteiger partial charge < -0.3 is 10.5 Å². The predicted molar refractivity (Wildman–Crippen MR) is 73.4 cm³/mol. The molecule has 2 N–H and O–H groups in total. The Morgan fingerprint density at radius 2 is 1.88 bits per heavy atom. The van der Waals surface area contributed by atoms with Crippen LogP contribution < -0.4 is 10.5 Å². The van der Waals surface area contributed by atoms with Gasteiger partial charge >= 0.3 is 0 Å². The first-order chi connectivity index (χ1) is 8.29. The van der Waals surface area contributed by atoms with Gasteiger partial charge in [0.15, 0.2) is 0 Å². The molecule has 0 aliphatic rings. The maximum Gasteiger partial charge on any atom is 0.142 e. The summed E-state index contributed by atoms with van der Waals surface area (Å²) in [7, 11) is 1.64. The van der Waals surface area contributed by atoms with Crippen LogP contribution in [0.25, 0.3) is 0 Å². The number of anilines is 1. The van der Waals surface area contributed by atoms with Crippen LogP contribution >= 0.6 is 11.8 Å². The highest BCUT2D eigenvalue weighted by Gasteiger charge is 2.01. The van der Waals surface area contributed by atoms with Crippen molar-refractivity contribution in [1.29, 1.82) is 0 Å². The van der Waals surface area contributed by atoms with Crippen molar-refractivity contribution in [2.24, 2.45) is 0 Å². The number of benzene rings is 2. The van der Waals surface area contributed by atoms with Crippen LogP contribution in [0.15, 0.2) is 53.4 Å². The Morgan fingerprint density at radius 3 is 2.59 bits per heavy atom. The molecule has 88 valence electrons. The van der Waals surface area contributed by atoms with Crippen molar-refractivity contribution in [2.75, 3.05) is 12.8 Å². The lowest BCUT2D eigenvalue weighted by atomic mass is 10.2. The van der Waals surface area contributed by atoms with Gasteiger partial charge in [-0.25, -0.2) is 0 Å². The summed E-state index contributed by atoms with van der Waals surface area (Å²) in [6.45, 7) is 0. The Bertz CT molecular complexity index is 485. The van der Waals surface area contributed by atoms with Gasteiger partial charge in [0.05, 0.1) is 12.8 Å². The minimum Gasteiger partial charge on any atom is -0.495 e. The summed E-state index contributed by atoms with van der Waals surface area (Å²) in [5.41, 5.74) is 7.76. The molecule has 0 fully saturated rings. The molecule has 2 aromatic carbocycles. The van der Waals surface area contributed by atoms with E-state index >= 15 is 0 Å². The fourth-order valence-corrected chi connectivity index (χ4v) is 2.40. The summed E-state index contributed by atoms with van der Waals surface area (Å²) in [5.74, 6) is 1.69. The SMILES string of the molecule is COc1cc(SCc2ccccc2)ccc1N. The van der Waals surface area contributed by atoms with Crippen LogP contribution in [0.1, 0.15) is 5.56 Å². The van der Waals surface area contributed by atoms with Crippen LogP contribution in [0.3, 0.4) is 0 Å². The molecule has 0 bridgehead atoms. The summed E-state index contributed by atoms with van der Waals surface area (Å²) in [6.07, 6.45) is 0.